The van der Waals surface area contributed by atoms with Gasteiger partial charge in [0.15, 0.2) is 17.3 Å². The van der Waals surface area contributed by atoms with Crippen molar-refractivity contribution in [1.29, 1.82) is 0 Å². The number of carbonyl (C=O) groups is 1. The van der Waals surface area contributed by atoms with Crippen molar-refractivity contribution in [3.63, 3.8) is 0 Å². The van der Waals surface area contributed by atoms with Crippen molar-refractivity contribution >= 4 is 49.9 Å². The Morgan fingerprint density at radius 1 is 1.08 bits per heavy atom. The van der Waals surface area contributed by atoms with Crippen molar-refractivity contribution in [3.8, 4) is 11.5 Å². The SMILES string of the molecule is COc1cc(I)c(/C(=C\N(C)C)C(=O)c2ccccc2Br)cc1OC. The third-order valence-corrected chi connectivity index (χ3v) is 5.10. The Morgan fingerprint density at radius 3 is 2.24 bits per heavy atom. The Hall–Kier alpha value is -1.54. The maximum Gasteiger partial charge on any atom is 0.196 e. The number of allylic oxidation sites excluding steroid dienone is 1. The summed E-state index contributed by atoms with van der Waals surface area (Å²) in [4.78, 5) is 15.1. The van der Waals surface area contributed by atoms with Gasteiger partial charge in [-0.15, -0.1) is 0 Å². The zero-order valence-corrected chi connectivity index (χ0v) is 18.2. The van der Waals surface area contributed by atoms with E-state index in [1.807, 2.05) is 61.6 Å². The van der Waals surface area contributed by atoms with Crippen molar-refractivity contribution in [2.45, 2.75) is 0 Å². The Bertz CT molecular complexity index is 818. The molecule has 0 atom stereocenters. The van der Waals surface area contributed by atoms with E-state index in [4.69, 9.17) is 9.47 Å². The third-order valence-electron chi connectivity index (χ3n) is 3.51. The third kappa shape index (κ3) is 4.55. The first-order valence-corrected chi connectivity index (χ1v) is 9.35. The predicted molar refractivity (Wildman–Crippen MR) is 112 cm³/mol. The van der Waals surface area contributed by atoms with Gasteiger partial charge in [0.2, 0.25) is 0 Å². The molecule has 132 valence electrons. The molecule has 0 bridgehead atoms. The lowest BCUT2D eigenvalue weighted by molar-refractivity contribution is 0.105. The van der Waals surface area contributed by atoms with Gasteiger partial charge >= 0.3 is 0 Å². The molecule has 0 aliphatic rings. The van der Waals surface area contributed by atoms with Gasteiger partial charge in [0.25, 0.3) is 0 Å². The average Bonchev–Trinajstić information content (AvgIpc) is 2.59. The van der Waals surface area contributed by atoms with Crippen LogP contribution in [0.15, 0.2) is 47.1 Å². The van der Waals surface area contributed by atoms with Crippen LogP contribution in [0.3, 0.4) is 0 Å². The van der Waals surface area contributed by atoms with Crippen molar-refractivity contribution in [2.24, 2.45) is 0 Å². The van der Waals surface area contributed by atoms with Crippen molar-refractivity contribution in [1.82, 2.24) is 4.90 Å². The van der Waals surface area contributed by atoms with Gasteiger partial charge in [0.05, 0.1) is 14.2 Å². The second kappa shape index (κ2) is 8.71. The number of halogens is 2. The predicted octanol–water partition coefficient (Wildman–Crippen LogP) is 4.86. The number of ether oxygens (including phenoxy) is 2. The first-order chi connectivity index (χ1) is 11.9. The number of nitrogens with zero attached hydrogens (tertiary/aromatic N) is 1. The molecule has 0 aromatic heterocycles. The van der Waals surface area contributed by atoms with Gasteiger partial charge in [-0.1, -0.05) is 28.1 Å². The molecule has 0 aliphatic heterocycles. The van der Waals surface area contributed by atoms with Crippen LogP contribution >= 0.6 is 38.5 Å². The van der Waals surface area contributed by atoms with Crippen LogP contribution < -0.4 is 9.47 Å². The highest BCUT2D eigenvalue weighted by Crippen LogP contribution is 2.36. The fourth-order valence-electron chi connectivity index (χ4n) is 2.36. The molecule has 0 N–H and O–H groups in total. The van der Waals surface area contributed by atoms with E-state index < -0.39 is 0 Å². The lowest BCUT2D eigenvalue weighted by atomic mass is 9.97. The largest absolute Gasteiger partial charge is 0.493 e. The lowest BCUT2D eigenvalue weighted by Gasteiger charge is -2.16. The number of hydrogen-bond acceptors (Lipinski definition) is 4. The molecule has 0 radical (unpaired) electrons. The minimum absolute atomic E-state index is 0.0636. The van der Waals surface area contributed by atoms with E-state index in [0.717, 1.165) is 13.6 Å². The van der Waals surface area contributed by atoms with Gasteiger partial charge in [0, 0.05) is 45.0 Å². The lowest BCUT2D eigenvalue weighted by Crippen LogP contribution is -2.11. The highest BCUT2D eigenvalue weighted by molar-refractivity contribution is 14.1. The Labute approximate surface area is 170 Å². The summed E-state index contributed by atoms with van der Waals surface area (Å²) in [7, 11) is 6.96. The number of hydrogen-bond donors (Lipinski definition) is 0. The molecule has 25 heavy (non-hydrogen) atoms. The topological polar surface area (TPSA) is 38.8 Å². The molecule has 4 nitrogen and oxygen atoms in total. The molecule has 6 heteroatoms. The van der Waals surface area contributed by atoms with Crippen LogP contribution in [-0.4, -0.2) is 39.0 Å². The van der Waals surface area contributed by atoms with Crippen molar-refractivity contribution in [2.75, 3.05) is 28.3 Å². The molecule has 0 amide bonds. The number of ketones is 1. The highest BCUT2D eigenvalue weighted by Gasteiger charge is 2.21. The summed E-state index contributed by atoms with van der Waals surface area (Å²) in [6.07, 6.45) is 1.82. The van der Waals surface area contributed by atoms with Gasteiger partial charge in [0.1, 0.15) is 0 Å². The summed E-state index contributed by atoms with van der Waals surface area (Å²) in [6, 6.07) is 11.1. The monoisotopic (exact) mass is 515 g/mol. The fourth-order valence-corrected chi connectivity index (χ4v) is 3.55. The molecule has 0 fully saturated rings. The molecule has 0 saturated carbocycles. The van der Waals surface area contributed by atoms with E-state index in [1.54, 1.807) is 14.2 Å². The average molecular weight is 516 g/mol. The number of carbonyl (C=O) groups excluding carboxylic acids is 1. The maximum atomic E-state index is 13.2. The van der Waals surface area contributed by atoms with Gasteiger partial charge in [-0.3, -0.25) is 4.79 Å². The molecule has 2 aromatic carbocycles. The van der Waals surface area contributed by atoms with E-state index in [0.29, 0.717) is 22.6 Å². The van der Waals surface area contributed by atoms with Crippen LogP contribution in [0, 0.1) is 3.57 Å². The molecular formula is C19H19BrINO3. The van der Waals surface area contributed by atoms with E-state index in [1.165, 1.54) is 0 Å². The van der Waals surface area contributed by atoms with Crippen LogP contribution in [0.2, 0.25) is 0 Å². The van der Waals surface area contributed by atoms with Crippen LogP contribution in [0.25, 0.3) is 5.57 Å². The van der Waals surface area contributed by atoms with Gasteiger partial charge in [-0.25, -0.2) is 0 Å². The summed E-state index contributed by atoms with van der Waals surface area (Å²) in [5, 5.41) is 0. The fraction of sp³-hybridized carbons (Fsp3) is 0.211. The number of methoxy groups -OCH3 is 2. The molecule has 0 spiro atoms. The first kappa shape index (κ1) is 19.8. The molecule has 0 heterocycles. The van der Waals surface area contributed by atoms with E-state index >= 15 is 0 Å². The zero-order valence-electron chi connectivity index (χ0n) is 14.5. The number of rotatable bonds is 6. The number of Topliss-reactive ketones (excluding diaryl/α,β-unsaturated/α-hetero) is 1. The van der Waals surface area contributed by atoms with Gasteiger partial charge in [-0.05, 0) is 46.9 Å². The maximum absolute atomic E-state index is 13.2. The van der Waals surface area contributed by atoms with Crippen molar-refractivity contribution < 1.29 is 14.3 Å². The van der Waals surface area contributed by atoms with Crippen LogP contribution in [0.4, 0.5) is 0 Å². The van der Waals surface area contributed by atoms with Crippen LogP contribution in [0.1, 0.15) is 15.9 Å². The van der Waals surface area contributed by atoms with E-state index in [-0.39, 0.29) is 5.78 Å². The zero-order chi connectivity index (χ0) is 18.6. The molecule has 2 rings (SSSR count). The van der Waals surface area contributed by atoms with Crippen molar-refractivity contribution in [3.05, 3.63) is 61.8 Å². The standard InChI is InChI=1S/C19H19BrINO3/c1-22(2)11-14(19(23)12-7-5-6-8-15(12)20)13-9-17(24-3)18(25-4)10-16(13)21/h5-11H,1-4H3/b14-11+. The second-order valence-corrected chi connectivity index (χ2v) is 7.52. The first-order valence-electron chi connectivity index (χ1n) is 7.48. The summed E-state index contributed by atoms with van der Waals surface area (Å²) < 4.78 is 12.4. The molecule has 0 aliphatic carbocycles. The summed E-state index contributed by atoms with van der Waals surface area (Å²) >= 11 is 5.67. The smallest absolute Gasteiger partial charge is 0.196 e. The second-order valence-electron chi connectivity index (χ2n) is 5.50. The normalized spacial score (nSPS) is 11.2. The van der Waals surface area contributed by atoms with Gasteiger partial charge < -0.3 is 14.4 Å². The molecular weight excluding hydrogens is 497 g/mol. The molecule has 2 aromatic rings. The summed E-state index contributed by atoms with van der Waals surface area (Å²) in [6.45, 7) is 0. The number of benzene rings is 2. The quantitative estimate of drug-likeness (QED) is 0.313. The Kier molecular flexibility index (Phi) is 6.89. The molecule has 0 unspecified atom stereocenters. The van der Waals surface area contributed by atoms with E-state index in [9.17, 15) is 4.79 Å². The Morgan fingerprint density at radius 2 is 1.68 bits per heavy atom. The van der Waals surface area contributed by atoms with Gasteiger partial charge in [-0.2, -0.15) is 0 Å². The van der Waals surface area contributed by atoms with Crippen LogP contribution in [-0.2, 0) is 0 Å². The highest BCUT2D eigenvalue weighted by atomic mass is 127. The minimum Gasteiger partial charge on any atom is -0.493 e. The Balaban J connectivity index is 2.64. The summed E-state index contributed by atoms with van der Waals surface area (Å²) in [5.41, 5.74) is 2.00. The summed E-state index contributed by atoms with van der Waals surface area (Å²) in [5.74, 6) is 1.15. The molecule has 0 saturated heterocycles. The van der Waals surface area contributed by atoms with Crippen LogP contribution in [0.5, 0.6) is 11.5 Å². The van der Waals surface area contributed by atoms with E-state index in [2.05, 4.69) is 38.5 Å². The minimum atomic E-state index is -0.0636.